The number of halogens is 3. The topological polar surface area (TPSA) is 26.3 Å². The Morgan fingerprint density at radius 3 is 2.19 bits per heavy atom. The number of carbonyl (C=O) groups excluding carboxylic acids is 1. The predicted molar refractivity (Wildman–Crippen MR) is 72.3 cm³/mol. The summed E-state index contributed by atoms with van der Waals surface area (Å²) >= 11 is 0. The Kier molecular flexibility index (Phi) is 4.02. The number of ether oxygens (including phenoxy) is 1. The molecule has 5 heteroatoms. The zero-order valence-corrected chi connectivity index (χ0v) is 11.5. The van der Waals surface area contributed by atoms with Crippen molar-refractivity contribution in [1.82, 2.24) is 0 Å². The lowest BCUT2D eigenvalue weighted by molar-refractivity contribution is -0.138. The van der Waals surface area contributed by atoms with Crippen LogP contribution in [0.2, 0.25) is 0 Å². The zero-order chi connectivity index (χ0) is 15.6. The summed E-state index contributed by atoms with van der Waals surface area (Å²) in [4.78, 5) is 12.1. The molecule has 2 aromatic carbocycles. The molecule has 0 aliphatic rings. The van der Waals surface area contributed by atoms with Crippen molar-refractivity contribution in [3.05, 3.63) is 64.7 Å². The number of hydrogen-bond donors (Lipinski definition) is 0. The lowest BCUT2D eigenvalue weighted by atomic mass is 9.97. The smallest absolute Gasteiger partial charge is 0.416 e. The molecule has 0 aliphatic heterocycles. The van der Waals surface area contributed by atoms with E-state index in [0.29, 0.717) is 11.3 Å². The maximum atomic E-state index is 12.9. The SMILES string of the molecule is Cc1ccc(C(F)(F)F)c(C)c1C(=O)Oc1ccccc1. The number of rotatable bonds is 2. The van der Waals surface area contributed by atoms with E-state index in [0.717, 1.165) is 6.07 Å². The van der Waals surface area contributed by atoms with Gasteiger partial charge in [0.05, 0.1) is 11.1 Å². The Bertz CT molecular complexity index is 661. The highest BCUT2D eigenvalue weighted by Crippen LogP contribution is 2.34. The first-order valence-electron chi connectivity index (χ1n) is 6.25. The third-order valence-corrected chi connectivity index (χ3v) is 3.14. The molecule has 2 nitrogen and oxygen atoms in total. The Labute approximate surface area is 120 Å². The van der Waals surface area contributed by atoms with Crippen LogP contribution in [-0.2, 0) is 6.18 Å². The third-order valence-electron chi connectivity index (χ3n) is 3.14. The van der Waals surface area contributed by atoms with Gasteiger partial charge in [-0.3, -0.25) is 0 Å². The maximum absolute atomic E-state index is 12.9. The van der Waals surface area contributed by atoms with Crippen LogP contribution in [0, 0.1) is 13.8 Å². The number of carbonyl (C=O) groups is 1. The largest absolute Gasteiger partial charge is 0.423 e. The van der Waals surface area contributed by atoms with Crippen molar-refractivity contribution in [2.45, 2.75) is 20.0 Å². The molecule has 0 unspecified atom stereocenters. The van der Waals surface area contributed by atoms with Crippen LogP contribution < -0.4 is 4.74 Å². The van der Waals surface area contributed by atoms with E-state index in [1.807, 2.05) is 0 Å². The van der Waals surface area contributed by atoms with E-state index < -0.39 is 17.7 Å². The van der Waals surface area contributed by atoms with Crippen molar-refractivity contribution in [2.24, 2.45) is 0 Å². The van der Waals surface area contributed by atoms with Gasteiger partial charge >= 0.3 is 12.1 Å². The van der Waals surface area contributed by atoms with Gasteiger partial charge in [0.2, 0.25) is 0 Å². The highest BCUT2D eigenvalue weighted by atomic mass is 19.4. The summed E-state index contributed by atoms with van der Waals surface area (Å²) in [6.07, 6.45) is -4.50. The molecular formula is C16H13F3O2. The first-order valence-corrected chi connectivity index (χ1v) is 6.25. The molecule has 0 saturated heterocycles. The summed E-state index contributed by atoms with van der Waals surface area (Å²) in [6, 6.07) is 10.5. The minimum Gasteiger partial charge on any atom is -0.423 e. The maximum Gasteiger partial charge on any atom is 0.416 e. The number of alkyl halides is 3. The lowest BCUT2D eigenvalue weighted by Gasteiger charge is -2.15. The van der Waals surface area contributed by atoms with Crippen LogP contribution in [0.15, 0.2) is 42.5 Å². The molecule has 0 heterocycles. The van der Waals surface area contributed by atoms with Crippen molar-refractivity contribution in [3.63, 3.8) is 0 Å². The molecule has 0 atom stereocenters. The standard InChI is InChI=1S/C16H13F3O2/c1-10-8-9-13(16(17,18)19)11(2)14(10)15(20)21-12-6-4-3-5-7-12/h3-9H,1-2H3. The fraction of sp³-hybridized carbons (Fsp3) is 0.188. The van der Waals surface area contributed by atoms with E-state index >= 15 is 0 Å². The average Bonchev–Trinajstić information content (AvgIpc) is 2.38. The van der Waals surface area contributed by atoms with Gasteiger partial charge in [-0.05, 0) is 43.2 Å². The van der Waals surface area contributed by atoms with Crippen LogP contribution >= 0.6 is 0 Å². The van der Waals surface area contributed by atoms with Gasteiger partial charge in [0.25, 0.3) is 0 Å². The third kappa shape index (κ3) is 3.24. The van der Waals surface area contributed by atoms with Gasteiger partial charge in [0.1, 0.15) is 5.75 Å². The summed E-state index contributed by atoms with van der Waals surface area (Å²) in [5.41, 5.74) is -0.549. The molecule has 0 spiro atoms. The minimum atomic E-state index is -4.50. The van der Waals surface area contributed by atoms with Crippen LogP contribution in [0.25, 0.3) is 0 Å². The average molecular weight is 294 g/mol. The van der Waals surface area contributed by atoms with Crippen LogP contribution in [0.3, 0.4) is 0 Å². The number of para-hydroxylation sites is 1. The number of esters is 1. The molecule has 0 amide bonds. The van der Waals surface area contributed by atoms with Crippen LogP contribution in [0.5, 0.6) is 5.75 Å². The molecule has 2 aromatic rings. The second kappa shape index (κ2) is 5.60. The Hall–Kier alpha value is -2.30. The van der Waals surface area contributed by atoms with Crippen LogP contribution in [0.1, 0.15) is 27.0 Å². The molecule has 0 aliphatic carbocycles. The Balaban J connectivity index is 2.41. The van der Waals surface area contributed by atoms with Gasteiger partial charge in [-0.15, -0.1) is 0 Å². The quantitative estimate of drug-likeness (QED) is 0.600. The summed E-state index contributed by atoms with van der Waals surface area (Å²) in [5.74, 6) is -0.499. The van der Waals surface area contributed by atoms with Gasteiger partial charge < -0.3 is 4.74 Å². The van der Waals surface area contributed by atoms with Gasteiger partial charge in [0, 0.05) is 0 Å². The summed E-state index contributed by atoms with van der Waals surface area (Å²) in [7, 11) is 0. The predicted octanol–water partition coefficient (Wildman–Crippen LogP) is 4.54. The van der Waals surface area contributed by atoms with Crippen molar-refractivity contribution in [2.75, 3.05) is 0 Å². The Morgan fingerprint density at radius 2 is 1.62 bits per heavy atom. The van der Waals surface area contributed by atoms with Crippen molar-refractivity contribution >= 4 is 5.97 Å². The van der Waals surface area contributed by atoms with E-state index in [2.05, 4.69) is 0 Å². The first kappa shape index (κ1) is 15.1. The number of aryl methyl sites for hydroxylation is 1. The summed E-state index contributed by atoms with van der Waals surface area (Å²) in [5, 5.41) is 0. The van der Waals surface area contributed by atoms with E-state index in [1.54, 1.807) is 37.3 Å². The fourth-order valence-electron chi connectivity index (χ4n) is 2.11. The van der Waals surface area contributed by atoms with Crippen LogP contribution in [-0.4, -0.2) is 5.97 Å². The van der Waals surface area contributed by atoms with E-state index in [1.165, 1.54) is 13.0 Å². The van der Waals surface area contributed by atoms with Gasteiger partial charge in [-0.1, -0.05) is 24.3 Å². The fourth-order valence-corrected chi connectivity index (χ4v) is 2.11. The zero-order valence-electron chi connectivity index (χ0n) is 11.5. The molecule has 0 N–H and O–H groups in total. The molecular weight excluding hydrogens is 281 g/mol. The molecule has 0 radical (unpaired) electrons. The summed E-state index contributed by atoms with van der Waals surface area (Å²) in [6.45, 7) is 2.85. The molecule has 0 aromatic heterocycles. The highest BCUT2D eigenvalue weighted by Gasteiger charge is 2.34. The molecule has 110 valence electrons. The molecule has 0 bridgehead atoms. The molecule has 2 rings (SSSR count). The number of hydrogen-bond acceptors (Lipinski definition) is 2. The Morgan fingerprint density at radius 1 is 1.00 bits per heavy atom. The highest BCUT2D eigenvalue weighted by molar-refractivity contribution is 5.94. The molecule has 0 saturated carbocycles. The van der Waals surface area contributed by atoms with E-state index in [-0.39, 0.29) is 11.1 Å². The molecule has 21 heavy (non-hydrogen) atoms. The van der Waals surface area contributed by atoms with Crippen molar-refractivity contribution in [3.8, 4) is 5.75 Å². The second-order valence-corrected chi connectivity index (χ2v) is 4.63. The van der Waals surface area contributed by atoms with Gasteiger partial charge in [-0.2, -0.15) is 13.2 Å². The van der Waals surface area contributed by atoms with Crippen molar-refractivity contribution in [1.29, 1.82) is 0 Å². The van der Waals surface area contributed by atoms with E-state index in [9.17, 15) is 18.0 Å². The second-order valence-electron chi connectivity index (χ2n) is 4.63. The summed E-state index contributed by atoms with van der Waals surface area (Å²) < 4.78 is 43.8. The number of benzene rings is 2. The normalized spacial score (nSPS) is 11.3. The van der Waals surface area contributed by atoms with Gasteiger partial charge in [0.15, 0.2) is 0 Å². The minimum absolute atomic E-state index is 0.0475. The lowest BCUT2D eigenvalue weighted by Crippen LogP contribution is -2.16. The first-order chi connectivity index (χ1) is 9.80. The van der Waals surface area contributed by atoms with E-state index in [4.69, 9.17) is 4.74 Å². The van der Waals surface area contributed by atoms with Crippen molar-refractivity contribution < 1.29 is 22.7 Å². The van der Waals surface area contributed by atoms with Crippen LogP contribution in [0.4, 0.5) is 13.2 Å². The molecule has 0 fully saturated rings. The van der Waals surface area contributed by atoms with Gasteiger partial charge in [-0.25, -0.2) is 4.79 Å². The monoisotopic (exact) mass is 294 g/mol.